The van der Waals surface area contributed by atoms with E-state index < -0.39 is 12.0 Å². The molecule has 21 heavy (non-hydrogen) atoms. The standard InChI is InChI=1S/C14H15BrClNO3S/c1-7(2)13-17(11(6-21-13)14(19)20)12(18)9-4-3-8(15)5-10(9)16/h3-5,7,11,13H,6H2,1-2H3,(H,19,20). The number of carbonyl (C=O) groups is 2. The van der Waals surface area contributed by atoms with Crippen molar-refractivity contribution in [3.8, 4) is 0 Å². The number of hydrogen-bond acceptors (Lipinski definition) is 3. The van der Waals surface area contributed by atoms with Gasteiger partial charge in [0, 0.05) is 10.2 Å². The van der Waals surface area contributed by atoms with Gasteiger partial charge in [0.2, 0.25) is 0 Å². The summed E-state index contributed by atoms with van der Waals surface area (Å²) in [7, 11) is 0. The quantitative estimate of drug-likeness (QED) is 0.851. The van der Waals surface area contributed by atoms with Crippen LogP contribution in [0, 0.1) is 5.92 Å². The first-order chi connectivity index (χ1) is 9.82. The van der Waals surface area contributed by atoms with Gasteiger partial charge in [-0.3, -0.25) is 4.79 Å². The number of halogens is 2. The van der Waals surface area contributed by atoms with Gasteiger partial charge in [0.15, 0.2) is 0 Å². The second-order valence-electron chi connectivity index (χ2n) is 5.16. The molecular weight excluding hydrogens is 378 g/mol. The van der Waals surface area contributed by atoms with E-state index in [9.17, 15) is 14.7 Å². The van der Waals surface area contributed by atoms with E-state index in [1.54, 1.807) is 18.2 Å². The number of aliphatic carboxylic acids is 1. The van der Waals surface area contributed by atoms with Gasteiger partial charge in [0.25, 0.3) is 5.91 Å². The summed E-state index contributed by atoms with van der Waals surface area (Å²) in [6.07, 6.45) is 0. The third-order valence-electron chi connectivity index (χ3n) is 3.29. The second kappa shape index (κ2) is 6.58. The van der Waals surface area contributed by atoms with Crippen LogP contribution in [0.2, 0.25) is 5.02 Å². The van der Waals surface area contributed by atoms with Crippen LogP contribution in [0.1, 0.15) is 24.2 Å². The maximum absolute atomic E-state index is 12.8. The van der Waals surface area contributed by atoms with Gasteiger partial charge in [-0.25, -0.2) is 4.79 Å². The molecule has 1 fully saturated rings. The van der Waals surface area contributed by atoms with E-state index in [0.717, 1.165) is 4.47 Å². The minimum Gasteiger partial charge on any atom is -0.480 e. The van der Waals surface area contributed by atoms with Crippen molar-refractivity contribution in [3.63, 3.8) is 0 Å². The van der Waals surface area contributed by atoms with Crippen LogP contribution in [0.5, 0.6) is 0 Å². The minimum absolute atomic E-state index is 0.154. The van der Waals surface area contributed by atoms with Crippen molar-refractivity contribution in [1.82, 2.24) is 4.90 Å². The Morgan fingerprint density at radius 1 is 1.48 bits per heavy atom. The molecule has 2 rings (SSSR count). The van der Waals surface area contributed by atoms with Gasteiger partial charge in [0.1, 0.15) is 6.04 Å². The Bertz CT molecular complexity index is 581. The highest BCUT2D eigenvalue weighted by Gasteiger charge is 2.43. The van der Waals surface area contributed by atoms with E-state index in [-0.39, 0.29) is 17.2 Å². The molecule has 114 valence electrons. The lowest BCUT2D eigenvalue weighted by Crippen LogP contribution is -2.47. The summed E-state index contributed by atoms with van der Waals surface area (Å²) in [6.45, 7) is 3.96. The van der Waals surface area contributed by atoms with Crippen LogP contribution in [-0.2, 0) is 4.79 Å². The van der Waals surface area contributed by atoms with E-state index in [0.29, 0.717) is 16.3 Å². The zero-order valence-corrected chi connectivity index (χ0v) is 14.7. The summed E-state index contributed by atoms with van der Waals surface area (Å²) < 4.78 is 0.773. The highest BCUT2D eigenvalue weighted by atomic mass is 79.9. The predicted molar refractivity (Wildman–Crippen MR) is 87.8 cm³/mol. The van der Waals surface area contributed by atoms with Crippen molar-refractivity contribution >= 4 is 51.2 Å². The summed E-state index contributed by atoms with van der Waals surface area (Å²) in [5, 5.41) is 9.51. The van der Waals surface area contributed by atoms with Gasteiger partial charge in [-0.15, -0.1) is 11.8 Å². The molecule has 0 aromatic heterocycles. The molecular formula is C14H15BrClNO3S. The molecule has 0 aliphatic carbocycles. The van der Waals surface area contributed by atoms with Crippen molar-refractivity contribution in [2.75, 3.05) is 5.75 Å². The number of carboxylic acids is 1. The fourth-order valence-electron chi connectivity index (χ4n) is 2.29. The Labute approximate surface area is 141 Å². The molecule has 1 aliphatic rings. The fourth-order valence-corrected chi connectivity index (χ4v) is 4.52. The lowest BCUT2D eigenvalue weighted by atomic mass is 10.1. The van der Waals surface area contributed by atoms with E-state index in [4.69, 9.17) is 11.6 Å². The van der Waals surface area contributed by atoms with E-state index in [1.807, 2.05) is 13.8 Å². The topological polar surface area (TPSA) is 57.6 Å². The molecule has 7 heteroatoms. The number of carbonyl (C=O) groups excluding carboxylic acids is 1. The molecule has 2 atom stereocenters. The van der Waals surface area contributed by atoms with Gasteiger partial charge in [0.05, 0.1) is 16.0 Å². The van der Waals surface area contributed by atoms with Gasteiger partial charge >= 0.3 is 5.97 Å². The first kappa shape index (κ1) is 16.6. The molecule has 1 aromatic rings. The molecule has 2 unspecified atom stereocenters. The third-order valence-corrected chi connectivity index (χ3v) is 5.71. The van der Waals surface area contributed by atoms with Crippen LogP contribution < -0.4 is 0 Å². The summed E-state index contributed by atoms with van der Waals surface area (Å²) >= 11 is 10.9. The van der Waals surface area contributed by atoms with Crippen molar-refractivity contribution in [1.29, 1.82) is 0 Å². The molecule has 1 N–H and O–H groups in total. The number of benzene rings is 1. The molecule has 0 radical (unpaired) electrons. The van der Waals surface area contributed by atoms with Crippen LogP contribution >= 0.6 is 39.3 Å². The maximum atomic E-state index is 12.8. The zero-order valence-electron chi connectivity index (χ0n) is 11.5. The van der Waals surface area contributed by atoms with E-state index >= 15 is 0 Å². The molecule has 0 spiro atoms. The Kier molecular flexibility index (Phi) is 5.22. The van der Waals surface area contributed by atoms with Crippen LogP contribution in [0.25, 0.3) is 0 Å². The zero-order chi connectivity index (χ0) is 15.7. The van der Waals surface area contributed by atoms with Crippen molar-refractivity contribution in [2.45, 2.75) is 25.3 Å². The number of carboxylic acid groups (broad SMARTS) is 1. The number of hydrogen-bond donors (Lipinski definition) is 1. The number of nitrogens with zero attached hydrogens (tertiary/aromatic N) is 1. The first-order valence-electron chi connectivity index (χ1n) is 6.45. The Balaban J connectivity index is 2.39. The molecule has 1 heterocycles. The molecule has 1 aliphatic heterocycles. The molecule has 4 nitrogen and oxygen atoms in total. The average molecular weight is 393 g/mol. The molecule has 0 saturated carbocycles. The Morgan fingerprint density at radius 2 is 2.14 bits per heavy atom. The largest absolute Gasteiger partial charge is 0.480 e. The lowest BCUT2D eigenvalue weighted by molar-refractivity contribution is -0.141. The van der Waals surface area contributed by atoms with Gasteiger partial charge in [-0.1, -0.05) is 41.4 Å². The van der Waals surface area contributed by atoms with Gasteiger partial charge in [-0.05, 0) is 24.1 Å². The molecule has 1 amide bonds. The van der Waals surface area contributed by atoms with Gasteiger partial charge < -0.3 is 10.0 Å². The van der Waals surface area contributed by atoms with Crippen LogP contribution in [0.4, 0.5) is 0 Å². The van der Waals surface area contributed by atoms with Crippen LogP contribution in [-0.4, -0.2) is 39.1 Å². The average Bonchev–Trinajstić information content (AvgIpc) is 2.82. The molecule has 1 aromatic carbocycles. The fraction of sp³-hybridized carbons (Fsp3) is 0.429. The van der Waals surface area contributed by atoms with Gasteiger partial charge in [-0.2, -0.15) is 0 Å². The Hall–Kier alpha value is -0.720. The molecule has 0 bridgehead atoms. The minimum atomic E-state index is -0.979. The third kappa shape index (κ3) is 3.38. The SMILES string of the molecule is CC(C)C1SCC(C(=O)O)N1C(=O)c1ccc(Br)cc1Cl. The number of amides is 1. The van der Waals surface area contributed by atoms with Crippen molar-refractivity contribution in [2.24, 2.45) is 5.92 Å². The normalized spacial score (nSPS) is 21.9. The number of thioether (sulfide) groups is 1. The summed E-state index contributed by atoms with van der Waals surface area (Å²) in [4.78, 5) is 25.6. The monoisotopic (exact) mass is 391 g/mol. The highest BCUT2D eigenvalue weighted by Crippen LogP contribution is 2.36. The highest BCUT2D eigenvalue weighted by molar-refractivity contribution is 9.10. The number of rotatable bonds is 3. The summed E-state index contributed by atoms with van der Waals surface area (Å²) in [6, 6.07) is 4.17. The Morgan fingerprint density at radius 3 is 2.67 bits per heavy atom. The predicted octanol–water partition coefficient (Wildman–Crippen LogP) is 3.73. The maximum Gasteiger partial charge on any atom is 0.327 e. The second-order valence-corrected chi connectivity index (χ2v) is 7.63. The van der Waals surface area contributed by atoms with E-state index in [2.05, 4.69) is 15.9 Å². The van der Waals surface area contributed by atoms with Crippen LogP contribution in [0.15, 0.2) is 22.7 Å². The first-order valence-corrected chi connectivity index (χ1v) is 8.67. The lowest BCUT2D eigenvalue weighted by Gasteiger charge is -2.30. The van der Waals surface area contributed by atoms with E-state index in [1.165, 1.54) is 16.7 Å². The van der Waals surface area contributed by atoms with Crippen molar-refractivity contribution in [3.05, 3.63) is 33.3 Å². The van der Waals surface area contributed by atoms with Crippen LogP contribution in [0.3, 0.4) is 0 Å². The summed E-state index contributed by atoms with van der Waals surface area (Å²) in [5.74, 6) is -0.744. The molecule has 1 saturated heterocycles. The summed E-state index contributed by atoms with van der Waals surface area (Å²) in [5.41, 5.74) is 0.333. The van der Waals surface area contributed by atoms with Crippen molar-refractivity contribution < 1.29 is 14.7 Å². The smallest absolute Gasteiger partial charge is 0.327 e.